The zero-order valence-corrected chi connectivity index (χ0v) is 5.29. The van der Waals surface area contributed by atoms with Gasteiger partial charge in [0.25, 0.3) is 0 Å². The molecule has 0 aromatic heterocycles. The molecule has 3 nitrogen and oxygen atoms in total. The van der Waals surface area contributed by atoms with E-state index in [1.54, 1.807) is 0 Å². The Bertz CT molecular complexity index is 74.4. The van der Waals surface area contributed by atoms with Crippen LogP contribution >= 0.6 is 0 Å². The largest absolute Gasteiger partial charge is 0.390 e. The van der Waals surface area contributed by atoms with E-state index < -0.39 is 12.2 Å². The van der Waals surface area contributed by atoms with Gasteiger partial charge < -0.3 is 14.9 Å². The van der Waals surface area contributed by atoms with E-state index in [1.165, 1.54) is 0 Å². The average molecular weight is 132 g/mol. The second-order valence-corrected chi connectivity index (χ2v) is 2.32. The summed E-state index contributed by atoms with van der Waals surface area (Å²) < 4.78 is 5.02. The van der Waals surface area contributed by atoms with Crippen LogP contribution in [0.15, 0.2) is 0 Å². The highest BCUT2D eigenvalue weighted by molar-refractivity contribution is 4.68. The maximum Gasteiger partial charge on any atom is 0.0821 e. The lowest BCUT2D eigenvalue weighted by Crippen LogP contribution is -2.24. The molecule has 0 aromatic carbocycles. The molecule has 2 atom stereocenters. The third-order valence-corrected chi connectivity index (χ3v) is 1.56. The quantitative estimate of drug-likeness (QED) is 0.468. The van der Waals surface area contributed by atoms with Crippen molar-refractivity contribution in [3.63, 3.8) is 0 Å². The lowest BCUT2D eigenvalue weighted by Gasteiger charge is -2.11. The van der Waals surface area contributed by atoms with Gasteiger partial charge in [-0.15, -0.1) is 0 Å². The summed E-state index contributed by atoms with van der Waals surface area (Å²) in [6.45, 7) is 1.14. The molecule has 9 heavy (non-hydrogen) atoms. The molecule has 0 aromatic rings. The van der Waals surface area contributed by atoms with E-state index in [9.17, 15) is 0 Å². The Labute approximate surface area is 54.3 Å². The first-order chi connectivity index (χ1) is 4.30. The van der Waals surface area contributed by atoms with Crippen molar-refractivity contribution < 1.29 is 14.9 Å². The summed E-state index contributed by atoms with van der Waals surface area (Å²) in [6.07, 6.45) is -0.0394. The van der Waals surface area contributed by atoms with Crippen molar-refractivity contribution in [2.45, 2.75) is 25.0 Å². The molecule has 1 aliphatic heterocycles. The smallest absolute Gasteiger partial charge is 0.0821 e. The maximum atomic E-state index is 9.03. The predicted molar refractivity (Wildman–Crippen MR) is 32.1 cm³/mol. The summed E-state index contributed by atoms with van der Waals surface area (Å²) in [5.74, 6) is 0. The normalized spacial score (nSPS) is 38.0. The molecule has 1 fully saturated rings. The monoisotopic (exact) mass is 132 g/mol. The van der Waals surface area contributed by atoms with E-state index in [4.69, 9.17) is 14.9 Å². The van der Waals surface area contributed by atoms with Gasteiger partial charge in [-0.3, -0.25) is 0 Å². The van der Waals surface area contributed by atoms with E-state index in [0.29, 0.717) is 26.1 Å². The third kappa shape index (κ3) is 1.93. The van der Waals surface area contributed by atoms with Crippen molar-refractivity contribution >= 4 is 0 Å². The van der Waals surface area contributed by atoms with Gasteiger partial charge in [0.2, 0.25) is 0 Å². The van der Waals surface area contributed by atoms with Crippen LogP contribution in [0.1, 0.15) is 12.8 Å². The van der Waals surface area contributed by atoms with Crippen molar-refractivity contribution in [2.24, 2.45) is 0 Å². The van der Waals surface area contributed by atoms with Crippen LogP contribution in [0.2, 0.25) is 0 Å². The van der Waals surface area contributed by atoms with Crippen LogP contribution in [-0.2, 0) is 4.74 Å². The van der Waals surface area contributed by atoms with Crippen LogP contribution in [0.3, 0.4) is 0 Å². The Morgan fingerprint density at radius 2 is 1.44 bits per heavy atom. The molecule has 3 heteroatoms. The molecule has 0 amide bonds. The first kappa shape index (κ1) is 6.99. The van der Waals surface area contributed by atoms with Crippen molar-refractivity contribution in [1.82, 2.24) is 0 Å². The molecule has 54 valence electrons. The average Bonchev–Trinajstić information content (AvgIpc) is 1.99. The number of aliphatic hydroxyl groups is 2. The Morgan fingerprint density at radius 1 is 1.00 bits per heavy atom. The number of rotatable bonds is 0. The zero-order valence-electron chi connectivity index (χ0n) is 5.29. The van der Waals surface area contributed by atoms with E-state index in [2.05, 4.69) is 0 Å². The summed E-state index contributed by atoms with van der Waals surface area (Å²) in [4.78, 5) is 0. The SMILES string of the molecule is O[C@@H]1CCOCC[C@@H]1O. The van der Waals surface area contributed by atoms with E-state index in [0.717, 1.165) is 0 Å². The summed E-state index contributed by atoms with van der Waals surface area (Å²) in [7, 11) is 0. The van der Waals surface area contributed by atoms with Crippen molar-refractivity contribution in [1.29, 1.82) is 0 Å². The van der Waals surface area contributed by atoms with E-state index in [1.807, 2.05) is 0 Å². The van der Waals surface area contributed by atoms with Gasteiger partial charge in [-0.25, -0.2) is 0 Å². The van der Waals surface area contributed by atoms with Gasteiger partial charge in [-0.2, -0.15) is 0 Å². The van der Waals surface area contributed by atoms with Crippen LogP contribution in [0.5, 0.6) is 0 Å². The number of aliphatic hydroxyl groups excluding tert-OH is 2. The molecule has 0 radical (unpaired) electrons. The minimum Gasteiger partial charge on any atom is -0.390 e. The first-order valence-corrected chi connectivity index (χ1v) is 3.24. The highest BCUT2D eigenvalue weighted by atomic mass is 16.5. The highest BCUT2D eigenvalue weighted by Gasteiger charge is 2.18. The van der Waals surface area contributed by atoms with Gasteiger partial charge in [-0.05, 0) is 12.8 Å². The fourth-order valence-electron chi connectivity index (χ4n) is 0.895. The molecular weight excluding hydrogens is 120 g/mol. The maximum absolute atomic E-state index is 9.03. The molecular formula is C6H12O3. The summed E-state index contributed by atoms with van der Waals surface area (Å²) in [5, 5.41) is 18.1. The van der Waals surface area contributed by atoms with Crippen LogP contribution in [0.4, 0.5) is 0 Å². The minimum absolute atomic E-state index is 0.557. The molecule has 1 saturated heterocycles. The van der Waals surface area contributed by atoms with Crippen LogP contribution in [0.25, 0.3) is 0 Å². The third-order valence-electron chi connectivity index (χ3n) is 1.56. The molecule has 1 aliphatic rings. The Balaban J connectivity index is 2.32. The zero-order chi connectivity index (χ0) is 6.69. The molecule has 1 rings (SSSR count). The van der Waals surface area contributed by atoms with Crippen LogP contribution in [0, 0.1) is 0 Å². The van der Waals surface area contributed by atoms with Gasteiger partial charge in [0.15, 0.2) is 0 Å². The van der Waals surface area contributed by atoms with Gasteiger partial charge in [0.1, 0.15) is 0 Å². The van der Waals surface area contributed by atoms with Crippen LogP contribution in [-0.4, -0.2) is 35.6 Å². The summed E-state index contributed by atoms with van der Waals surface area (Å²) >= 11 is 0. The van der Waals surface area contributed by atoms with E-state index in [-0.39, 0.29) is 0 Å². The Hall–Kier alpha value is -0.120. The molecule has 1 heterocycles. The Morgan fingerprint density at radius 3 is 1.89 bits per heavy atom. The van der Waals surface area contributed by atoms with Gasteiger partial charge in [0, 0.05) is 13.2 Å². The lowest BCUT2D eigenvalue weighted by atomic mass is 10.1. The predicted octanol–water partition coefficient (Wildman–Crippen LogP) is -0.481. The molecule has 0 unspecified atom stereocenters. The Kier molecular flexibility index (Phi) is 2.45. The highest BCUT2D eigenvalue weighted by Crippen LogP contribution is 2.07. The molecule has 2 N–H and O–H groups in total. The van der Waals surface area contributed by atoms with Crippen molar-refractivity contribution in [3.05, 3.63) is 0 Å². The number of hydrogen-bond acceptors (Lipinski definition) is 3. The van der Waals surface area contributed by atoms with Gasteiger partial charge in [-0.1, -0.05) is 0 Å². The lowest BCUT2D eigenvalue weighted by molar-refractivity contribution is 0.0187. The van der Waals surface area contributed by atoms with Crippen molar-refractivity contribution in [2.75, 3.05) is 13.2 Å². The summed E-state index contributed by atoms with van der Waals surface area (Å²) in [6, 6.07) is 0. The number of ether oxygens (including phenoxy) is 1. The fraction of sp³-hybridized carbons (Fsp3) is 1.00. The topological polar surface area (TPSA) is 49.7 Å². The van der Waals surface area contributed by atoms with Crippen molar-refractivity contribution in [3.8, 4) is 0 Å². The summed E-state index contributed by atoms with van der Waals surface area (Å²) in [5.41, 5.74) is 0. The molecule has 0 aliphatic carbocycles. The van der Waals surface area contributed by atoms with Gasteiger partial charge in [0.05, 0.1) is 12.2 Å². The molecule has 0 saturated carbocycles. The van der Waals surface area contributed by atoms with Crippen LogP contribution < -0.4 is 0 Å². The van der Waals surface area contributed by atoms with E-state index >= 15 is 0 Å². The second kappa shape index (κ2) is 3.15. The molecule has 0 spiro atoms. The standard InChI is InChI=1S/C6H12O3/c7-5-1-3-9-4-2-6(5)8/h5-8H,1-4H2/t5-,6+. The fourth-order valence-corrected chi connectivity index (χ4v) is 0.895. The minimum atomic E-state index is -0.576. The molecule has 0 bridgehead atoms. The van der Waals surface area contributed by atoms with Gasteiger partial charge >= 0.3 is 0 Å². The first-order valence-electron chi connectivity index (χ1n) is 3.24. The number of hydrogen-bond donors (Lipinski definition) is 2. The second-order valence-electron chi connectivity index (χ2n) is 2.32.